The van der Waals surface area contributed by atoms with E-state index in [1.165, 1.54) is 0 Å². The lowest BCUT2D eigenvalue weighted by molar-refractivity contribution is -0.540. The number of ether oxygens (including phenoxy) is 9. The van der Waals surface area contributed by atoms with Crippen LogP contribution in [-0.4, -0.2) is 100 Å². The van der Waals surface area contributed by atoms with Gasteiger partial charge in [0.25, 0.3) is 17.7 Å². The van der Waals surface area contributed by atoms with E-state index >= 15 is 0 Å². The monoisotopic (exact) mass is 539 g/mol. The maximum atomic E-state index is 6.55. The van der Waals surface area contributed by atoms with Crippen LogP contribution in [0.15, 0.2) is 0 Å². The van der Waals surface area contributed by atoms with Crippen molar-refractivity contribution in [1.29, 1.82) is 0 Å². The molecule has 0 spiro atoms. The maximum Gasteiger partial charge on any atom is 0.266 e. The Bertz CT molecular complexity index is 472. The van der Waals surface area contributed by atoms with Gasteiger partial charge >= 0.3 is 0 Å². The lowest BCUT2D eigenvalue weighted by atomic mass is 10.1. The van der Waals surface area contributed by atoms with Gasteiger partial charge in [0.05, 0.1) is 0 Å². The Hall–Kier alpha value is -0.400. The minimum absolute atomic E-state index is 0.294. The summed E-state index contributed by atoms with van der Waals surface area (Å²) >= 11 is 0. The molecule has 0 bridgehead atoms. The molecule has 37 heavy (non-hydrogen) atoms. The smallest absolute Gasteiger partial charge is 0.266 e. The zero-order valence-corrected chi connectivity index (χ0v) is 25.7. The third kappa shape index (κ3) is 8.54. The van der Waals surface area contributed by atoms with E-state index < -0.39 is 36.0 Å². The molecule has 3 unspecified atom stereocenters. The van der Waals surface area contributed by atoms with E-state index in [9.17, 15) is 0 Å². The summed E-state index contributed by atoms with van der Waals surface area (Å²) in [6.07, 6.45) is -1.91. The summed E-state index contributed by atoms with van der Waals surface area (Å²) in [4.78, 5) is 1.75. The van der Waals surface area contributed by atoms with Crippen LogP contribution in [0.5, 0.6) is 0 Å². The first kappa shape index (κ1) is 36.6. The molecule has 0 N–H and O–H groups in total. The van der Waals surface area contributed by atoms with Gasteiger partial charge in [-0.05, 0) is 83.1 Å². The Morgan fingerprint density at radius 1 is 0.378 bits per heavy atom. The Morgan fingerprint density at radius 2 is 0.568 bits per heavy atom. The summed E-state index contributed by atoms with van der Waals surface area (Å²) in [5.41, 5.74) is 0. The van der Waals surface area contributed by atoms with Crippen LogP contribution in [0.1, 0.15) is 83.1 Å². The maximum absolute atomic E-state index is 6.55. The predicted octanol–water partition coefficient (Wildman–Crippen LogP) is 4.74. The van der Waals surface area contributed by atoms with Crippen molar-refractivity contribution in [3.05, 3.63) is 0 Å². The van der Waals surface area contributed by atoms with Gasteiger partial charge in [-0.3, -0.25) is 0 Å². The fourth-order valence-electron chi connectivity index (χ4n) is 4.72. The molecule has 0 aliphatic rings. The lowest BCUT2D eigenvalue weighted by Gasteiger charge is -2.60. The Labute approximate surface area is 226 Å². The van der Waals surface area contributed by atoms with Crippen LogP contribution in [0.4, 0.5) is 0 Å². The summed E-state index contributed by atoms with van der Waals surface area (Å²) in [6.45, 7) is 25.9. The first-order valence-corrected chi connectivity index (χ1v) is 14.2. The Balaban J connectivity index is 8.05. The predicted molar refractivity (Wildman–Crippen MR) is 143 cm³/mol. The van der Waals surface area contributed by atoms with Gasteiger partial charge in [0.1, 0.15) is 18.3 Å². The van der Waals surface area contributed by atoms with E-state index in [1.54, 1.807) is 4.90 Å². The van der Waals surface area contributed by atoms with Crippen LogP contribution in [-0.2, 0) is 42.6 Å². The molecule has 0 rings (SSSR count). The van der Waals surface area contributed by atoms with Gasteiger partial charge in [-0.1, -0.05) is 0 Å². The summed E-state index contributed by atoms with van der Waals surface area (Å²) in [6, 6.07) is 0. The van der Waals surface area contributed by atoms with Crippen LogP contribution in [0.25, 0.3) is 0 Å². The van der Waals surface area contributed by atoms with E-state index in [4.69, 9.17) is 42.6 Å². The third-order valence-corrected chi connectivity index (χ3v) is 5.83. The number of hydrogen-bond acceptors (Lipinski definition) is 10. The average molecular weight is 540 g/mol. The molecule has 0 aliphatic heterocycles. The van der Waals surface area contributed by atoms with Crippen molar-refractivity contribution in [2.24, 2.45) is 0 Å². The average Bonchev–Trinajstić information content (AvgIpc) is 2.85. The standard InChI is InChI=1S/C27H57NO9/c1-13-29-22(10)25(32-16-4,33-17-5)28(26(34-18-6,35-19-7)23(11)30-14-2)27(36-20-8,37-21-9)24(12)31-15-3/h22-24H,13-21H2,1-12H3. The molecule has 0 aliphatic carbocycles. The Kier molecular flexibility index (Phi) is 18.6. The fraction of sp³-hybridized carbons (Fsp3) is 1.00. The minimum Gasteiger partial charge on any atom is -0.372 e. The molecular formula is C27H57NO9. The lowest BCUT2D eigenvalue weighted by Crippen LogP contribution is -2.81. The molecule has 0 aromatic carbocycles. The minimum atomic E-state index is -1.59. The van der Waals surface area contributed by atoms with E-state index in [0.717, 1.165) is 0 Å². The largest absolute Gasteiger partial charge is 0.372 e. The van der Waals surface area contributed by atoms with Crippen molar-refractivity contribution in [2.75, 3.05) is 59.5 Å². The van der Waals surface area contributed by atoms with Gasteiger partial charge < -0.3 is 42.6 Å². The second-order valence-electron chi connectivity index (χ2n) is 8.12. The summed E-state index contributed by atoms with van der Waals surface area (Å²) in [7, 11) is 0. The molecule has 0 aromatic heterocycles. The molecule has 10 nitrogen and oxygen atoms in total. The second kappa shape index (κ2) is 18.8. The van der Waals surface area contributed by atoms with Crippen LogP contribution in [0.2, 0.25) is 0 Å². The Morgan fingerprint density at radius 3 is 0.703 bits per heavy atom. The first-order valence-electron chi connectivity index (χ1n) is 14.2. The molecule has 10 heteroatoms. The third-order valence-electron chi connectivity index (χ3n) is 5.83. The summed E-state index contributed by atoms with van der Waals surface area (Å²) in [5, 5.41) is 0. The molecule has 0 radical (unpaired) electrons. The summed E-state index contributed by atoms with van der Waals surface area (Å²) in [5.74, 6) is -4.78. The van der Waals surface area contributed by atoms with Crippen LogP contribution in [0, 0.1) is 0 Å². The van der Waals surface area contributed by atoms with E-state index in [0.29, 0.717) is 59.5 Å². The molecule has 0 amide bonds. The molecule has 0 heterocycles. The van der Waals surface area contributed by atoms with Crippen molar-refractivity contribution in [3.63, 3.8) is 0 Å². The highest BCUT2D eigenvalue weighted by molar-refractivity contribution is 4.97. The molecule has 0 saturated carbocycles. The van der Waals surface area contributed by atoms with Gasteiger partial charge in [-0.25, -0.2) is 0 Å². The number of nitrogens with zero attached hydrogens (tertiary/aromatic N) is 1. The SMILES string of the molecule is CCOC(C)C(OCC)(OCC)N(C(OCC)(OCC)C(C)OCC)C(OCC)(OCC)C(C)OCC. The quantitative estimate of drug-likeness (QED) is 0.160. The van der Waals surface area contributed by atoms with Gasteiger partial charge in [0.2, 0.25) is 0 Å². The fourth-order valence-corrected chi connectivity index (χ4v) is 4.72. The zero-order chi connectivity index (χ0) is 28.5. The molecule has 0 saturated heterocycles. The van der Waals surface area contributed by atoms with Crippen molar-refractivity contribution in [2.45, 2.75) is 119 Å². The molecule has 0 aromatic rings. The van der Waals surface area contributed by atoms with Crippen molar-refractivity contribution in [1.82, 2.24) is 4.90 Å². The molecular weight excluding hydrogens is 482 g/mol. The van der Waals surface area contributed by atoms with Crippen molar-refractivity contribution in [3.8, 4) is 0 Å². The van der Waals surface area contributed by atoms with E-state index in [1.807, 2.05) is 83.1 Å². The van der Waals surface area contributed by atoms with Crippen molar-refractivity contribution >= 4 is 0 Å². The highest BCUT2D eigenvalue weighted by Crippen LogP contribution is 2.46. The molecule has 224 valence electrons. The highest BCUT2D eigenvalue weighted by Gasteiger charge is 2.69. The van der Waals surface area contributed by atoms with Crippen LogP contribution >= 0.6 is 0 Å². The molecule has 3 atom stereocenters. The van der Waals surface area contributed by atoms with Gasteiger partial charge in [-0.2, -0.15) is 0 Å². The number of hydrogen-bond donors (Lipinski definition) is 0. The number of rotatable bonds is 24. The topological polar surface area (TPSA) is 86.3 Å². The van der Waals surface area contributed by atoms with Crippen LogP contribution in [0.3, 0.4) is 0 Å². The van der Waals surface area contributed by atoms with E-state index in [2.05, 4.69) is 0 Å². The molecule has 0 fully saturated rings. The van der Waals surface area contributed by atoms with Gasteiger partial charge in [-0.15, -0.1) is 4.90 Å². The van der Waals surface area contributed by atoms with Crippen LogP contribution < -0.4 is 0 Å². The van der Waals surface area contributed by atoms with Gasteiger partial charge in [0.15, 0.2) is 0 Å². The van der Waals surface area contributed by atoms with E-state index in [-0.39, 0.29) is 0 Å². The highest BCUT2D eigenvalue weighted by atomic mass is 16.8. The first-order chi connectivity index (χ1) is 17.7. The van der Waals surface area contributed by atoms with Gasteiger partial charge in [0, 0.05) is 59.5 Å². The zero-order valence-electron chi connectivity index (χ0n) is 25.7. The normalized spacial score (nSPS) is 15.8. The van der Waals surface area contributed by atoms with Crippen molar-refractivity contribution < 1.29 is 42.6 Å². The summed E-state index contributed by atoms with van der Waals surface area (Å²) < 4.78 is 57.8. The second-order valence-corrected chi connectivity index (χ2v) is 8.12.